The van der Waals surface area contributed by atoms with Crippen molar-refractivity contribution in [2.75, 3.05) is 0 Å². The van der Waals surface area contributed by atoms with Crippen LogP contribution in [0, 0.1) is 0 Å². The summed E-state index contributed by atoms with van der Waals surface area (Å²) in [5.74, 6) is -1.64. The Morgan fingerprint density at radius 2 is 1.88 bits per heavy atom. The number of benzene rings is 1. The molecule has 3 nitrogen and oxygen atoms in total. The van der Waals surface area contributed by atoms with Crippen LogP contribution in [0.1, 0.15) is 28.8 Å². The van der Waals surface area contributed by atoms with Crippen molar-refractivity contribution in [1.29, 1.82) is 0 Å². The molecule has 0 aromatic heterocycles. The summed E-state index contributed by atoms with van der Waals surface area (Å²) in [5.41, 5.74) is -0.0707. The van der Waals surface area contributed by atoms with Gasteiger partial charge >= 0.3 is 5.97 Å². The van der Waals surface area contributed by atoms with Gasteiger partial charge in [0.2, 0.25) is 10.1 Å². The minimum atomic E-state index is -1.70. The Labute approximate surface area is 108 Å². The number of carbonyl (C=O) groups is 2. The average Bonchev–Trinajstić information content (AvgIpc) is 2.59. The molecule has 1 aromatic rings. The van der Waals surface area contributed by atoms with Gasteiger partial charge in [-0.3, -0.25) is 4.79 Å². The van der Waals surface area contributed by atoms with Crippen molar-refractivity contribution in [1.82, 2.24) is 0 Å². The molecule has 5 heteroatoms. The van der Waals surface area contributed by atoms with Crippen molar-refractivity contribution in [2.45, 2.75) is 22.8 Å². The maximum absolute atomic E-state index is 12.2. The number of Topliss-reactive ketones (excluding diaryl/α,β-unsaturated/α-hetero) is 1. The zero-order valence-electron chi connectivity index (χ0n) is 8.87. The van der Waals surface area contributed by atoms with Gasteiger partial charge in [0.1, 0.15) is 0 Å². The fraction of sp³-hybridized carbons (Fsp3) is 0.333. The smallest absolute Gasteiger partial charge is 0.344 e. The number of hydrogen-bond donors (Lipinski definition) is 0. The molecule has 1 aliphatic carbocycles. The first-order chi connectivity index (χ1) is 7.89. The number of esters is 1. The molecule has 2 atom stereocenters. The molecule has 1 heterocycles. The highest BCUT2D eigenvalue weighted by Gasteiger charge is 2.69. The highest BCUT2D eigenvalue weighted by Crippen LogP contribution is 2.58. The molecular weight excluding hydrogens is 263 g/mol. The molecule has 0 saturated carbocycles. The monoisotopic (exact) mass is 270 g/mol. The lowest BCUT2D eigenvalue weighted by Crippen LogP contribution is -2.36. The molecule has 0 radical (unpaired) electrons. The molecule has 1 aliphatic heterocycles. The molecule has 0 spiro atoms. The van der Waals surface area contributed by atoms with Crippen LogP contribution >= 0.6 is 23.2 Å². The van der Waals surface area contributed by atoms with E-state index in [4.69, 9.17) is 27.9 Å². The molecule has 17 heavy (non-hydrogen) atoms. The second kappa shape index (κ2) is 3.03. The predicted molar refractivity (Wildman–Crippen MR) is 62.4 cm³/mol. The SMILES string of the molecule is C[C@@]12OC(=O)C(Cl)(Cl)[C@@H]1c1ccccc1C2=O. The third kappa shape index (κ3) is 1.14. The number of ether oxygens (including phenoxy) is 1. The molecule has 0 bridgehead atoms. The van der Waals surface area contributed by atoms with Crippen molar-refractivity contribution in [3.8, 4) is 0 Å². The average molecular weight is 271 g/mol. The summed E-state index contributed by atoms with van der Waals surface area (Å²) in [6.07, 6.45) is 0. The molecule has 2 aliphatic rings. The third-order valence-electron chi connectivity index (χ3n) is 3.46. The summed E-state index contributed by atoms with van der Waals surface area (Å²) in [4.78, 5) is 23.9. The Bertz CT molecular complexity index is 552. The van der Waals surface area contributed by atoms with Gasteiger partial charge < -0.3 is 4.74 Å². The van der Waals surface area contributed by atoms with Crippen LogP contribution in [0.4, 0.5) is 0 Å². The molecule has 88 valence electrons. The summed E-state index contributed by atoms with van der Waals surface area (Å²) in [7, 11) is 0. The van der Waals surface area contributed by atoms with Crippen LogP contribution in [-0.2, 0) is 9.53 Å². The van der Waals surface area contributed by atoms with Gasteiger partial charge in [0.05, 0.1) is 5.92 Å². The summed E-state index contributed by atoms with van der Waals surface area (Å²) in [6, 6.07) is 6.99. The van der Waals surface area contributed by atoms with Crippen molar-refractivity contribution in [2.24, 2.45) is 0 Å². The van der Waals surface area contributed by atoms with Crippen LogP contribution in [0.2, 0.25) is 0 Å². The van der Waals surface area contributed by atoms with Gasteiger partial charge in [-0.1, -0.05) is 47.5 Å². The Hall–Kier alpha value is -1.06. The fourth-order valence-corrected chi connectivity index (χ4v) is 3.40. The Morgan fingerprint density at radius 1 is 1.24 bits per heavy atom. The number of alkyl halides is 2. The van der Waals surface area contributed by atoms with E-state index in [0.717, 1.165) is 0 Å². The van der Waals surface area contributed by atoms with Crippen molar-refractivity contribution >= 4 is 35.0 Å². The minimum absolute atomic E-state index is 0.241. The van der Waals surface area contributed by atoms with Gasteiger partial charge in [-0.2, -0.15) is 0 Å². The van der Waals surface area contributed by atoms with Gasteiger partial charge in [-0.15, -0.1) is 0 Å². The summed E-state index contributed by atoms with van der Waals surface area (Å²) < 4.78 is 3.43. The highest BCUT2D eigenvalue weighted by molar-refractivity contribution is 6.59. The molecular formula is C12H8Cl2O3. The van der Waals surface area contributed by atoms with Gasteiger partial charge in [-0.25, -0.2) is 4.79 Å². The van der Waals surface area contributed by atoms with Crippen molar-refractivity contribution < 1.29 is 14.3 Å². The number of hydrogen-bond acceptors (Lipinski definition) is 3. The predicted octanol–water partition coefficient (Wildman–Crippen LogP) is 2.46. The van der Waals surface area contributed by atoms with E-state index in [1.165, 1.54) is 0 Å². The first-order valence-electron chi connectivity index (χ1n) is 5.14. The molecule has 0 amide bonds. The van der Waals surface area contributed by atoms with E-state index in [1.54, 1.807) is 31.2 Å². The van der Waals surface area contributed by atoms with Crippen LogP contribution in [0.15, 0.2) is 24.3 Å². The van der Waals surface area contributed by atoms with E-state index in [2.05, 4.69) is 0 Å². The maximum Gasteiger partial charge on any atom is 0.344 e. The lowest BCUT2D eigenvalue weighted by Gasteiger charge is -2.22. The van der Waals surface area contributed by atoms with E-state index < -0.39 is 21.8 Å². The van der Waals surface area contributed by atoms with Gasteiger partial charge in [0.15, 0.2) is 5.60 Å². The normalized spacial score (nSPS) is 33.2. The number of fused-ring (bicyclic) bond motifs is 3. The van der Waals surface area contributed by atoms with Gasteiger partial charge in [-0.05, 0) is 12.5 Å². The van der Waals surface area contributed by atoms with Gasteiger partial charge in [0, 0.05) is 5.56 Å². The highest BCUT2D eigenvalue weighted by atomic mass is 35.5. The van der Waals surface area contributed by atoms with Crippen molar-refractivity contribution in [3.63, 3.8) is 0 Å². The number of rotatable bonds is 0. The van der Waals surface area contributed by atoms with E-state index >= 15 is 0 Å². The van der Waals surface area contributed by atoms with Crippen LogP contribution in [-0.4, -0.2) is 21.7 Å². The van der Waals surface area contributed by atoms with Crippen LogP contribution < -0.4 is 0 Å². The van der Waals surface area contributed by atoms with Crippen LogP contribution in [0.3, 0.4) is 0 Å². The zero-order valence-corrected chi connectivity index (χ0v) is 10.4. The second-order valence-corrected chi connectivity index (χ2v) is 5.85. The first kappa shape index (κ1) is 11.1. The number of carbonyl (C=O) groups excluding carboxylic acids is 2. The van der Waals surface area contributed by atoms with E-state index in [-0.39, 0.29) is 5.78 Å². The molecule has 1 aromatic carbocycles. The van der Waals surface area contributed by atoms with Gasteiger partial charge in [0.25, 0.3) is 0 Å². The van der Waals surface area contributed by atoms with E-state index in [1.807, 2.05) is 0 Å². The van der Waals surface area contributed by atoms with E-state index in [9.17, 15) is 9.59 Å². The summed E-state index contributed by atoms with van der Waals surface area (Å²) in [5, 5.41) is 0. The second-order valence-electron chi connectivity index (χ2n) is 4.47. The minimum Gasteiger partial charge on any atom is -0.448 e. The Balaban J connectivity index is 2.29. The van der Waals surface area contributed by atoms with E-state index in [0.29, 0.717) is 11.1 Å². The first-order valence-corrected chi connectivity index (χ1v) is 5.89. The molecule has 3 rings (SSSR count). The largest absolute Gasteiger partial charge is 0.448 e. The molecule has 0 unspecified atom stereocenters. The third-order valence-corrected chi connectivity index (χ3v) is 4.20. The molecule has 1 saturated heterocycles. The lowest BCUT2D eigenvalue weighted by atomic mass is 9.88. The van der Waals surface area contributed by atoms with Crippen LogP contribution in [0.25, 0.3) is 0 Å². The quantitative estimate of drug-likeness (QED) is 0.537. The number of ketones is 1. The Morgan fingerprint density at radius 3 is 2.59 bits per heavy atom. The fourth-order valence-electron chi connectivity index (χ4n) is 2.68. The zero-order chi connectivity index (χ0) is 12.4. The number of halogens is 2. The lowest BCUT2D eigenvalue weighted by molar-refractivity contribution is -0.144. The topological polar surface area (TPSA) is 43.4 Å². The summed E-state index contributed by atoms with van der Waals surface area (Å²) >= 11 is 12.1. The maximum atomic E-state index is 12.2. The Kier molecular flexibility index (Phi) is 1.97. The standard InChI is InChI=1S/C12H8Cl2O3/c1-11-8(12(13,14)10(16)17-11)6-4-2-3-5-7(6)9(11)15/h2-5,8H,1H3/t8-,11-/m1/s1. The molecule has 0 N–H and O–H groups in total. The van der Waals surface area contributed by atoms with Crippen LogP contribution in [0.5, 0.6) is 0 Å². The van der Waals surface area contributed by atoms with Crippen molar-refractivity contribution in [3.05, 3.63) is 35.4 Å². The molecule has 1 fully saturated rings. The summed E-state index contributed by atoms with van der Waals surface area (Å²) in [6.45, 7) is 1.56.